The van der Waals surface area contributed by atoms with Crippen LogP contribution < -0.4 is 10.5 Å². The first-order valence-electron chi connectivity index (χ1n) is 8.79. The fourth-order valence-electron chi connectivity index (χ4n) is 3.24. The molecule has 0 bridgehead atoms. The van der Waals surface area contributed by atoms with Crippen LogP contribution in [0.3, 0.4) is 0 Å². The number of phenolic OH excluding ortho intramolecular Hbond substituents is 1. The Morgan fingerprint density at radius 3 is 2.48 bits per heavy atom. The van der Waals surface area contributed by atoms with E-state index < -0.39 is 0 Å². The van der Waals surface area contributed by atoms with Crippen LogP contribution in [0.15, 0.2) is 64.3 Å². The number of aromatic nitrogens is 2. The second kappa shape index (κ2) is 7.38. The Hall–Kier alpha value is -3.10. The third-order valence-corrected chi connectivity index (χ3v) is 6.01. The molecule has 0 saturated carbocycles. The lowest BCUT2D eigenvalue weighted by Gasteiger charge is -2.12. The summed E-state index contributed by atoms with van der Waals surface area (Å²) >= 11 is 6.56. The number of amides is 1. The lowest BCUT2D eigenvalue weighted by molar-refractivity contribution is -0.113. The Kier molecular flexibility index (Phi) is 4.89. The lowest BCUT2D eigenvalue weighted by Crippen LogP contribution is -2.33. The predicted molar refractivity (Wildman–Crippen MR) is 120 cm³/mol. The SMILES string of the molecule is Cc1c(N2C(=O)/C(=C/c3cccc(O)c3)SC2=S)c(=O)n(-c2ccccc2)n1C. The summed E-state index contributed by atoms with van der Waals surface area (Å²) in [5.74, 6) is -0.242. The van der Waals surface area contributed by atoms with E-state index in [0.717, 1.165) is 11.8 Å². The molecule has 1 aliphatic heterocycles. The van der Waals surface area contributed by atoms with Crippen LogP contribution in [0.4, 0.5) is 5.69 Å². The molecule has 29 heavy (non-hydrogen) atoms. The highest BCUT2D eigenvalue weighted by Gasteiger charge is 2.37. The maximum Gasteiger partial charge on any atom is 0.296 e. The largest absolute Gasteiger partial charge is 0.508 e. The highest BCUT2D eigenvalue weighted by atomic mass is 32.2. The number of benzene rings is 2. The lowest BCUT2D eigenvalue weighted by atomic mass is 10.2. The molecule has 6 nitrogen and oxygen atoms in total. The van der Waals surface area contributed by atoms with Crippen molar-refractivity contribution in [3.05, 3.63) is 81.1 Å². The molecule has 0 spiro atoms. The second-order valence-corrected chi connectivity index (χ2v) is 8.20. The number of anilines is 1. The first-order chi connectivity index (χ1) is 13.9. The van der Waals surface area contributed by atoms with Gasteiger partial charge in [-0.05, 0) is 42.8 Å². The number of carbonyl (C=O) groups excluding carboxylic acids is 1. The van der Waals surface area contributed by atoms with Crippen LogP contribution >= 0.6 is 24.0 Å². The summed E-state index contributed by atoms with van der Waals surface area (Å²) in [7, 11) is 1.77. The summed E-state index contributed by atoms with van der Waals surface area (Å²) < 4.78 is 3.53. The molecule has 1 aliphatic rings. The molecule has 8 heteroatoms. The van der Waals surface area contributed by atoms with E-state index in [9.17, 15) is 14.7 Å². The maximum atomic E-state index is 13.2. The van der Waals surface area contributed by atoms with Crippen molar-refractivity contribution in [1.82, 2.24) is 9.36 Å². The zero-order valence-electron chi connectivity index (χ0n) is 15.7. The number of carbonyl (C=O) groups is 1. The molecule has 0 aliphatic carbocycles. The Bertz CT molecular complexity index is 1230. The standard InChI is InChI=1S/C21H17N3O3S2/c1-13-18(20(27)24(22(13)2)15-8-4-3-5-9-15)23-19(26)17(29-21(23)28)12-14-7-6-10-16(25)11-14/h3-12,25H,1-2H3/b17-12-. The van der Waals surface area contributed by atoms with Crippen molar-refractivity contribution in [2.75, 3.05) is 4.90 Å². The van der Waals surface area contributed by atoms with Gasteiger partial charge in [0.05, 0.1) is 16.3 Å². The summed E-state index contributed by atoms with van der Waals surface area (Å²) in [6.07, 6.45) is 1.66. The van der Waals surface area contributed by atoms with E-state index in [2.05, 4.69) is 0 Å². The quantitative estimate of drug-likeness (QED) is 0.515. The fourth-order valence-corrected chi connectivity index (χ4v) is 4.51. The van der Waals surface area contributed by atoms with Gasteiger partial charge in [-0.25, -0.2) is 4.68 Å². The number of phenols is 1. The van der Waals surface area contributed by atoms with Gasteiger partial charge in [0, 0.05) is 7.05 Å². The minimum atomic E-state index is -0.352. The van der Waals surface area contributed by atoms with E-state index in [1.165, 1.54) is 9.58 Å². The van der Waals surface area contributed by atoms with Crippen molar-refractivity contribution in [2.45, 2.75) is 6.92 Å². The van der Waals surface area contributed by atoms with Gasteiger partial charge in [0.2, 0.25) is 0 Å². The van der Waals surface area contributed by atoms with Crippen LogP contribution in [0.25, 0.3) is 11.8 Å². The molecule has 1 N–H and O–H groups in total. The summed E-state index contributed by atoms with van der Waals surface area (Å²) in [5, 5.41) is 9.65. The van der Waals surface area contributed by atoms with E-state index in [-0.39, 0.29) is 22.9 Å². The molecule has 3 aromatic rings. The van der Waals surface area contributed by atoms with Gasteiger partial charge in [0.25, 0.3) is 11.5 Å². The van der Waals surface area contributed by atoms with E-state index in [4.69, 9.17) is 12.2 Å². The number of hydrogen-bond donors (Lipinski definition) is 1. The average Bonchev–Trinajstić information content (AvgIpc) is 3.08. The number of thioether (sulfide) groups is 1. The van der Waals surface area contributed by atoms with Crippen LogP contribution in [-0.4, -0.2) is 24.7 Å². The van der Waals surface area contributed by atoms with Gasteiger partial charge in [-0.15, -0.1) is 0 Å². The monoisotopic (exact) mass is 423 g/mol. The topological polar surface area (TPSA) is 67.5 Å². The summed E-state index contributed by atoms with van der Waals surface area (Å²) in [4.78, 5) is 28.0. The molecule has 1 amide bonds. The molecule has 2 heterocycles. The zero-order chi connectivity index (χ0) is 20.7. The Labute approximate surface area is 176 Å². The highest BCUT2D eigenvalue weighted by molar-refractivity contribution is 8.27. The minimum Gasteiger partial charge on any atom is -0.508 e. The molecule has 4 rings (SSSR count). The maximum absolute atomic E-state index is 13.2. The van der Waals surface area contributed by atoms with E-state index >= 15 is 0 Å². The molecule has 1 saturated heterocycles. The second-order valence-electron chi connectivity index (χ2n) is 6.52. The molecule has 0 atom stereocenters. The van der Waals surface area contributed by atoms with Crippen molar-refractivity contribution >= 4 is 46.0 Å². The molecule has 146 valence electrons. The smallest absolute Gasteiger partial charge is 0.296 e. The van der Waals surface area contributed by atoms with Crippen LogP contribution in [0, 0.1) is 6.92 Å². The molecule has 1 fully saturated rings. The normalized spacial score (nSPS) is 15.5. The molecule has 1 aromatic heterocycles. The molecule has 2 aromatic carbocycles. The number of aromatic hydroxyl groups is 1. The zero-order valence-corrected chi connectivity index (χ0v) is 17.3. The van der Waals surface area contributed by atoms with Crippen molar-refractivity contribution < 1.29 is 9.90 Å². The van der Waals surface area contributed by atoms with Crippen LogP contribution in [-0.2, 0) is 11.8 Å². The average molecular weight is 424 g/mol. The first-order valence-corrected chi connectivity index (χ1v) is 10.0. The number of para-hydroxylation sites is 1. The van der Waals surface area contributed by atoms with Gasteiger partial charge >= 0.3 is 0 Å². The van der Waals surface area contributed by atoms with Crippen molar-refractivity contribution in [3.8, 4) is 11.4 Å². The molecule has 0 radical (unpaired) electrons. The van der Waals surface area contributed by atoms with Crippen LogP contribution in [0.1, 0.15) is 11.3 Å². The van der Waals surface area contributed by atoms with E-state index in [1.54, 1.807) is 49.0 Å². The fraction of sp³-hybridized carbons (Fsp3) is 0.0952. The van der Waals surface area contributed by atoms with Gasteiger partial charge in [-0.3, -0.25) is 19.2 Å². The van der Waals surface area contributed by atoms with E-state index in [1.807, 2.05) is 30.3 Å². The summed E-state index contributed by atoms with van der Waals surface area (Å²) in [5.41, 5.74) is 1.95. The van der Waals surface area contributed by atoms with Crippen molar-refractivity contribution in [3.63, 3.8) is 0 Å². The van der Waals surface area contributed by atoms with Gasteiger partial charge < -0.3 is 5.11 Å². The molecular weight excluding hydrogens is 406 g/mol. The Balaban J connectivity index is 1.79. The van der Waals surface area contributed by atoms with Crippen molar-refractivity contribution in [1.29, 1.82) is 0 Å². The van der Waals surface area contributed by atoms with Gasteiger partial charge in [-0.1, -0.05) is 54.3 Å². The summed E-state index contributed by atoms with van der Waals surface area (Å²) in [6.45, 7) is 1.79. The summed E-state index contributed by atoms with van der Waals surface area (Å²) in [6, 6.07) is 15.8. The van der Waals surface area contributed by atoms with Gasteiger partial charge in [0.1, 0.15) is 11.4 Å². The number of nitrogens with zero attached hydrogens (tertiary/aromatic N) is 3. The first kappa shape index (κ1) is 19.2. The van der Waals surface area contributed by atoms with Crippen molar-refractivity contribution in [2.24, 2.45) is 7.05 Å². The highest BCUT2D eigenvalue weighted by Crippen LogP contribution is 2.36. The van der Waals surface area contributed by atoms with Gasteiger partial charge in [-0.2, -0.15) is 0 Å². The van der Waals surface area contributed by atoms with Crippen LogP contribution in [0.2, 0.25) is 0 Å². The third kappa shape index (κ3) is 3.30. The number of thiocarbonyl (C=S) groups is 1. The molecular formula is C21H17N3O3S2. The molecule has 0 unspecified atom stereocenters. The Morgan fingerprint density at radius 2 is 1.79 bits per heavy atom. The minimum absolute atomic E-state index is 0.110. The third-order valence-electron chi connectivity index (χ3n) is 4.71. The number of hydrogen-bond acceptors (Lipinski definition) is 5. The van der Waals surface area contributed by atoms with Crippen LogP contribution in [0.5, 0.6) is 5.75 Å². The number of rotatable bonds is 3. The van der Waals surface area contributed by atoms with Gasteiger partial charge in [0.15, 0.2) is 4.32 Å². The Morgan fingerprint density at radius 1 is 1.07 bits per heavy atom. The predicted octanol–water partition coefficient (Wildman–Crippen LogP) is 3.60. The van der Waals surface area contributed by atoms with E-state index in [0.29, 0.717) is 26.2 Å².